The van der Waals surface area contributed by atoms with Crippen LogP contribution in [0.2, 0.25) is 5.15 Å². The molecule has 0 spiro atoms. The fourth-order valence-corrected chi connectivity index (χ4v) is 2.80. The Morgan fingerprint density at radius 1 is 1.26 bits per heavy atom. The molecule has 138 valence electrons. The summed E-state index contributed by atoms with van der Waals surface area (Å²) in [6.07, 6.45) is 2.44. The van der Waals surface area contributed by atoms with E-state index < -0.39 is 0 Å². The zero-order chi connectivity index (χ0) is 19.2. The quantitative estimate of drug-likeness (QED) is 0.393. The van der Waals surface area contributed by atoms with Gasteiger partial charge in [0.15, 0.2) is 6.61 Å². The van der Waals surface area contributed by atoms with Crippen LogP contribution >= 0.6 is 11.6 Å². The Morgan fingerprint density at radius 2 is 2.04 bits per heavy atom. The van der Waals surface area contributed by atoms with Gasteiger partial charge < -0.3 is 4.74 Å². The molecule has 0 aliphatic rings. The molecule has 1 aromatic heterocycles. The SMILES string of the molecule is CCc1ccc(OCC(=O)N/N=C\c2cc3cccc(C)c3nc2Cl)cc1. The number of carbonyl (C=O) groups excluding carboxylic acids is 1. The fourth-order valence-electron chi connectivity index (χ4n) is 2.61. The van der Waals surface area contributed by atoms with Gasteiger partial charge in [-0.1, -0.05) is 48.9 Å². The van der Waals surface area contributed by atoms with E-state index in [1.54, 1.807) is 0 Å². The monoisotopic (exact) mass is 381 g/mol. The van der Waals surface area contributed by atoms with Gasteiger partial charge in [0.2, 0.25) is 0 Å². The standard InChI is InChI=1S/C21H20ClN3O2/c1-3-15-7-9-18(10-8-15)27-13-19(26)25-23-12-17-11-16-6-4-5-14(2)20(16)24-21(17)22/h4-12H,3,13H2,1-2H3,(H,25,26)/b23-12-. The maximum absolute atomic E-state index is 11.9. The second-order valence-corrected chi connectivity index (χ2v) is 6.45. The first-order valence-corrected chi connectivity index (χ1v) is 9.04. The maximum Gasteiger partial charge on any atom is 0.277 e. The van der Waals surface area contributed by atoms with Crippen molar-refractivity contribution in [1.29, 1.82) is 0 Å². The number of hydrogen-bond donors (Lipinski definition) is 1. The highest BCUT2D eigenvalue weighted by Crippen LogP contribution is 2.21. The molecule has 6 heteroatoms. The van der Waals surface area contributed by atoms with Crippen molar-refractivity contribution in [1.82, 2.24) is 10.4 Å². The van der Waals surface area contributed by atoms with E-state index in [1.807, 2.05) is 55.5 Å². The summed E-state index contributed by atoms with van der Waals surface area (Å²) in [5.41, 5.74) is 6.18. The van der Waals surface area contributed by atoms with Gasteiger partial charge in [0.1, 0.15) is 10.9 Å². The van der Waals surface area contributed by atoms with Crippen LogP contribution < -0.4 is 10.2 Å². The number of carbonyl (C=O) groups is 1. The smallest absolute Gasteiger partial charge is 0.277 e. The number of amides is 1. The van der Waals surface area contributed by atoms with Gasteiger partial charge in [0, 0.05) is 10.9 Å². The van der Waals surface area contributed by atoms with E-state index in [9.17, 15) is 4.79 Å². The minimum absolute atomic E-state index is 0.119. The molecular weight excluding hydrogens is 362 g/mol. The first-order chi connectivity index (χ1) is 13.1. The van der Waals surface area contributed by atoms with E-state index in [4.69, 9.17) is 16.3 Å². The molecule has 0 aliphatic carbocycles. The highest BCUT2D eigenvalue weighted by molar-refractivity contribution is 6.32. The number of nitrogens with one attached hydrogen (secondary N) is 1. The minimum atomic E-state index is -0.355. The molecular formula is C21H20ClN3O2. The number of aryl methyl sites for hydroxylation is 2. The van der Waals surface area contributed by atoms with E-state index in [-0.39, 0.29) is 12.5 Å². The molecule has 1 heterocycles. The molecule has 27 heavy (non-hydrogen) atoms. The van der Waals surface area contributed by atoms with Gasteiger partial charge in [-0.25, -0.2) is 10.4 Å². The van der Waals surface area contributed by atoms with E-state index in [1.165, 1.54) is 11.8 Å². The van der Waals surface area contributed by atoms with Crippen LogP contribution in [0, 0.1) is 6.92 Å². The molecule has 1 amide bonds. The topological polar surface area (TPSA) is 63.6 Å². The van der Waals surface area contributed by atoms with Crippen LogP contribution in [-0.4, -0.2) is 23.7 Å². The molecule has 0 atom stereocenters. The second kappa shape index (κ2) is 8.64. The lowest BCUT2D eigenvalue weighted by molar-refractivity contribution is -0.123. The number of nitrogens with zero attached hydrogens (tertiary/aromatic N) is 2. The summed E-state index contributed by atoms with van der Waals surface area (Å²) in [7, 11) is 0. The molecule has 0 aliphatic heterocycles. The normalized spacial score (nSPS) is 11.1. The van der Waals surface area contributed by atoms with Crippen molar-refractivity contribution in [3.63, 3.8) is 0 Å². The average molecular weight is 382 g/mol. The number of halogens is 1. The Hall–Kier alpha value is -2.92. The van der Waals surface area contributed by atoms with Crippen LogP contribution in [0.1, 0.15) is 23.6 Å². The van der Waals surface area contributed by atoms with Crippen molar-refractivity contribution in [2.45, 2.75) is 20.3 Å². The largest absolute Gasteiger partial charge is 0.484 e. The fraction of sp³-hybridized carbons (Fsp3) is 0.190. The molecule has 5 nitrogen and oxygen atoms in total. The number of pyridine rings is 1. The average Bonchev–Trinajstić information content (AvgIpc) is 2.68. The Bertz CT molecular complexity index is 985. The van der Waals surface area contributed by atoms with Gasteiger partial charge in [-0.05, 0) is 42.7 Å². The molecule has 3 aromatic rings. The summed E-state index contributed by atoms with van der Waals surface area (Å²) >= 11 is 6.22. The van der Waals surface area contributed by atoms with E-state index in [0.717, 1.165) is 22.9 Å². The highest BCUT2D eigenvalue weighted by Gasteiger charge is 2.06. The van der Waals surface area contributed by atoms with Gasteiger partial charge >= 0.3 is 0 Å². The maximum atomic E-state index is 11.9. The number of rotatable bonds is 6. The minimum Gasteiger partial charge on any atom is -0.484 e. The lowest BCUT2D eigenvalue weighted by Gasteiger charge is -2.06. The summed E-state index contributed by atoms with van der Waals surface area (Å²) in [6.45, 7) is 3.95. The predicted molar refractivity (Wildman–Crippen MR) is 109 cm³/mol. The third kappa shape index (κ3) is 4.83. The van der Waals surface area contributed by atoms with E-state index in [0.29, 0.717) is 16.5 Å². The number of hydrazone groups is 1. The predicted octanol–water partition coefficient (Wildman–Crippen LogP) is 4.29. The van der Waals surface area contributed by atoms with Crippen LogP contribution in [0.4, 0.5) is 0 Å². The van der Waals surface area contributed by atoms with Gasteiger partial charge in [-0.2, -0.15) is 5.10 Å². The lowest BCUT2D eigenvalue weighted by atomic mass is 10.1. The van der Waals surface area contributed by atoms with Crippen molar-refractivity contribution in [3.05, 3.63) is 70.4 Å². The van der Waals surface area contributed by atoms with Crippen molar-refractivity contribution in [2.24, 2.45) is 5.10 Å². The molecule has 0 unspecified atom stereocenters. The zero-order valence-corrected chi connectivity index (χ0v) is 16.0. The van der Waals surface area contributed by atoms with Gasteiger partial charge in [0.05, 0.1) is 11.7 Å². The number of aromatic nitrogens is 1. The second-order valence-electron chi connectivity index (χ2n) is 6.09. The van der Waals surface area contributed by atoms with Crippen molar-refractivity contribution >= 4 is 34.6 Å². The number of hydrogen-bond acceptors (Lipinski definition) is 4. The van der Waals surface area contributed by atoms with Crippen molar-refractivity contribution < 1.29 is 9.53 Å². The summed E-state index contributed by atoms with van der Waals surface area (Å²) < 4.78 is 5.44. The van der Waals surface area contributed by atoms with Gasteiger partial charge in [0.25, 0.3) is 5.91 Å². The molecule has 0 saturated carbocycles. The molecule has 3 rings (SSSR count). The van der Waals surface area contributed by atoms with Crippen LogP contribution in [0.5, 0.6) is 5.75 Å². The molecule has 0 saturated heterocycles. The highest BCUT2D eigenvalue weighted by atomic mass is 35.5. The summed E-state index contributed by atoms with van der Waals surface area (Å²) in [6, 6.07) is 15.4. The zero-order valence-electron chi connectivity index (χ0n) is 15.2. The molecule has 1 N–H and O–H groups in total. The van der Waals surface area contributed by atoms with Crippen molar-refractivity contribution in [3.8, 4) is 5.75 Å². The lowest BCUT2D eigenvalue weighted by Crippen LogP contribution is -2.24. The summed E-state index contributed by atoms with van der Waals surface area (Å²) in [4.78, 5) is 16.3. The Balaban J connectivity index is 1.58. The van der Waals surface area contributed by atoms with Gasteiger partial charge in [-0.3, -0.25) is 4.79 Å². The van der Waals surface area contributed by atoms with Crippen LogP contribution in [-0.2, 0) is 11.2 Å². The number of ether oxygens (including phenoxy) is 1. The number of benzene rings is 2. The number of fused-ring (bicyclic) bond motifs is 1. The first kappa shape index (κ1) is 18.9. The van der Waals surface area contributed by atoms with Crippen LogP contribution in [0.15, 0.2) is 53.6 Å². The summed E-state index contributed by atoms with van der Waals surface area (Å²) in [5.74, 6) is 0.287. The molecule has 0 fully saturated rings. The van der Waals surface area contributed by atoms with Crippen LogP contribution in [0.25, 0.3) is 10.9 Å². The van der Waals surface area contributed by atoms with Crippen LogP contribution in [0.3, 0.4) is 0 Å². The summed E-state index contributed by atoms with van der Waals surface area (Å²) in [5, 5.41) is 5.24. The third-order valence-corrected chi connectivity index (χ3v) is 4.43. The number of para-hydroxylation sites is 1. The Morgan fingerprint density at radius 3 is 2.78 bits per heavy atom. The first-order valence-electron chi connectivity index (χ1n) is 8.66. The Labute approximate surface area is 163 Å². The molecule has 2 aromatic carbocycles. The van der Waals surface area contributed by atoms with E-state index in [2.05, 4.69) is 22.4 Å². The van der Waals surface area contributed by atoms with Gasteiger partial charge in [-0.15, -0.1) is 0 Å². The van der Waals surface area contributed by atoms with Crippen molar-refractivity contribution in [2.75, 3.05) is 6.61 Å². The Kier molecular flexibility index (Phi) is 6.04. The third-order valence-electron chi connectivity index (χ3n) is 4.12. The molecule has 0 bridgehead atoms. The molecule has 0 radical (unpaired) electrons. The van der Waals surface area contributed by atoms with E-state index >= 15 is 0 Å².